The van der Waals surface area contributed by atoms with E-state index in [1.165, 1.54) is 30.4 Å². The average Bonchev–Trinajstić information content (AvgIpc) is 2.41. The zero-order valence-corrected chi connectivity index (χ0v) is 8.25. The van der Waals surface area contributed by atoms with E-state index in [1.54, 1.807) is 0 Å². The predicted molar refractivity (Wildman–Crippen MR) is 56.2 cm³/mol. The third-order valence-corrected chi connectivity index (χ3v) is 2.88. The fourth-order valence-corrected chi connectivity index (χ4v) is 2.06. The minimum atomic E-state index is -0.322. The van der Waals surface area contributed by atoms with Crippen LogP contribution in [0, 0.1) is 0 Å². The van der Waals surface area contributed by atoms with Crippen molar-refractivity contribution < 1.29 is 4.79 Å². The number of carbonyl (C=O) groups is 1. The molecule has 2 rings (SSSR count). The first kappa shape index (κ1) is 9.25. The smallest absolute Gasteiger partial charge is 0.248 e. The Morgan fingerprint density at radius 3 is 2.50 bits per heavy atom. The highest BCUT2D eigenvalue weighted by Crippen LogP contribution is 2.21. The van der Waals surface area contributed by atoms with Gasteiger partial charge in [0.2, 0.25) is 5.91 Å². The molecule has 1 aromatic carbocycles. The van der Waals surface area contributed by atoms with Gasteiger partial charge in [-0.25, -0.2) is 0 Å². The van der Waals surface area contributed by atoms with Gasteiger partial charge in [0, 0.05) is 5.56 Å². The van der Waals surface area contributed by atoms with Gasteiger partial charge in [-0.1, -0.05) is 12.5 Å². The molecule has 1 amide bonds. The highest BCUT2D eigenvalue weighted by Gasteiger charge is 2.09. The molecule has 0 bridgehead atoms. The Morgan fingerprint density at radius 1 is 1.07 bits per heavy atom. The van der Waals surface area contributed by atoms with Crippen LogP contribution in [-0.4, -0.2) is 5.91 Å². The van der Waals surface area contributed by atoms with Gasteiger partial charge < -0.3 is 5.73 Å². The molecule has 1 aliphatic rings. The van der Waals surface area contributed by atoms with E-state index in [1.807, 2.05) is 12.1 Å². The van der Waals surface area contributed by atoms with Crippen molar-refractivity contribution in [2.45, 2.75) is 32.1 Å². The van der Waals surface area contributed by atoms with Crippen LogP contribution < -0.4 is 5.73 Å². The minimum absolute atomic E-state index is 0.322. The molecule has 1 aliphatic carbocycles. The number of hydrogen-bond donors (Lipinski definition) is 1. The van der Waals surface area contributed by atoms with Crippen molar-refractivity contribution in [1.82, 2.24) is 0 Å². The van der Waals surface area contributed by atoms with E-state index in [0.29, 0.717) is 5.56 Å². The lowest BCUT2D eigenvalue weighted by atomic mass is 10.00. The summed E-state index contributed by atoms with van der Waals surface area (Å²) in [7, 11) is 0. The Bertz CT molecular complexity index is 357. The minimum Gasteiger partial charge on any atom is -0.366 e. The lowest BCUT2D eigenvalue weighted by molar-refractivity contribution is 0.1000. The maximum absolute atomic E-state index is 11.0. The number of fused-ring (bicyclic) bond motifs is 1. The fourth-order valence-electron chi connectivity index (χ4n) is 2.06. The third-order valence-electron chi connectivity index (χ3n) is 2.88. The summed E-state index contributed by atoms with van der Waals surface area (Å²) < 4.78 is 0. The second-order valence-electron chi connectivity index (χ2n) is 3.91. The molecule has 2 heteroatoms. The van der Waals surface area contributed by atoms with Crippen molar-refractivity contribution in [1.29, 1.82) is 0 Å². The molecule has 0 radical (unpaired) electrons. The lowest BCUT2D eigenvalue weighted by Crippen LogP contribution is -2.11. The second-order valence-corrected chi connectivity index (χ2v) is 3.91. The Kier molecular flexibility index (Phi) is 2.53. The first-order chi connectivity index (χ1) is 6.77. The number of amides is 1. The molecule has 0 fully saturated rings. The van der Waals surface area contributed by atoms with Crippen LogP contribution in [0.15, 0.2) is 18.2 Å². The van der Waals surface area contributed by atoms with Crippen molar-refractivity contribution in [3.8, 4) is 0 Å². The molecule has 0 heterocycles. The zero-order valence-electron chi connectivity index (χ0n) is 8.25. The number of hydrogen-bond acceptors (Lipinski definition) is 1. The highest BCUT2D eigenvalue weighted by molar-refractivity contribution is 5.93. The largest absolute Gasteiger partial charge is 0.366 e. The van der Waals surface area contributed by atoms with E-state index in [-0.39, 0.29) is 5.91 Å². The molecule has 0 saturated carbocycles. The van der Waals surface area contributed by atoms with Crippen LogP contribution in [0.5, 0.6) is 0 Å². The maximum Gasteiger partial charge on any atom is 0.248 e. The fraction of sp³-hybridized carbons (Fsp3) is 0.417. The molecule has 1 aromatic rings. The topological polar surface area (TPSA) is 43.1 Å². The van der Waals surface area contributed by atoms with E-state index < -0.39 is 0 Å². The molecule has 0 unspecified atom stereocenters. The Hall–Kier alpha value is -1.31. The number of benzene rings is 1. The monoisotopic (exact) mass is 189 g/mol. The Balaban J connectivity index is 2.37. The van der Waals surface area contributed by atoms with Crippen molar-refractivity contribution in [2.75, 3.05) is 0 Å². The van der Waals surface area contributed by atoms with Crippen LogP contribution in [0.1, 0.15) is 40.7 Å². The summed E-state index contributed by atoms with van der Waals surface area (Å²) in [5, 5.41) is 0. The summed E-state index contributed by atoms with van der Waals surface area (Å²) in [5.41, 5.74) is 8.61. The molecule has 14 heavy (non-hydrogen) atoms. The summed E-state index contributed by atoms with van der Waals surface area (Å²) >= 11 is 0. The first-order valence-corrected chi connectivity index (χ1v) is 5.19. The number of carbonyl (C=O) groups excluding carboxylic acids is 1. The van der Waals surface area contributed by atoms with Gasteiger partial charge in [0.15, 0.2) is 0 Å². The molecular weight excluding hydrogens is 174 g/mol. The molecule has 0 atom stereocenters. The molecular formula is C12H15NO. The summed E-state index contributed by atoms with van der Waals surface area (Å²) in [6.45, 7) is 0. The number of nitrogens with two attached hydrogens (primary N) is 1. The van der Waals surface area contributed by atoms with E-state index in [9.17, 15) is 4.79 Å². The standard InChI is InChI=1S/C12H15NO/c13-12(14)11-7-6-9-4-2-1-3-5-10(9)8-11/h6-8H,1-5H2,(H2,13,14). The summed E-state index contributed by atoms with van der Waals surface area (Å²) in [5.74, 6) is -0.322. The van der Waals surface area contributed by atoms with Crippen LogP contribution in [0.4, 0.5) is 0 Å². The van der Waals surface area contributed by atoms with Crippen molar-refractivity contribution in [3.63, 3.8) is 0 Å². The summed E-state index contributed by atoms with van der Waals surface area (Å²) in [6.07, 6.45) is 6.03. The van der Waals surface area contributed by atoms with Crippen LogP contribution >= 0.6 is 0 Å². The molecule has 2 nitrogen and oxygen atoms in total. The van der Waals surface area contributed by atoms with Gasteiger partial charge in [-0.15, -0.1) is 0 Å². The molecule has 74 valence electrons. The van der Waals surface area contributed by atoms with E-state index in [2.05, 4.69) is 6.07 Å². The van der Waals surface area contributed by atoms with Crippen LogP contribution in [0.25, 0.3) is 0 Å². The molecule has 0 aromatic heterocycles. The van der Waals surface area contributed by atoms with Crippen molar-refractivity contribution in [2.24, 2.45) is 5.73 Å². The normalized spacial score (nSPS) is 15.7. The maximum atomic E-state index is 11.0. The third kappa shape index (κ3) is 1.79. The van der Waals surface area contributed by atoms with Gasteiger partial charge in [0.05, 0.1) is 0 Å². The number of primary amides is 1. The number of rotatable bonds is 1. The van der Waals surface area contributed by atoms with Crippen LogP contribution in [0.3, 0.4) is 0 Å². The van der Waals surface area contributed by atoms with E-state index >= 15 is 0 Å². The first-order valence-electron chi connectivity index (χ1n) is 5.19. The number of aryl methyl sites for hydroxylation is 2. The zero-order chi connectivity index (χ0) is 9.97. The van der Waals surface area contributed by atoms with Crippen molar-refractivity contribution in [3.05, 3.63) is 34.9 Å². The van der Waals surface area contributed by atoms with Crippen molar-refractivity contribution >= 4 is 5.91 Å². The summed E-state index contributed by atoms with van der Waals surface area (Å²) in [6, 6.07) is 5.86. The molecule has 0 spiro atoms. The Labute approximate surface area is 84.1 Å². The van der Waals surface area contributed by atoms with Gasteiger partial charge in [-0.05, 0) is 48.9 Å². The highest BCUT2D eigenvalue weighted by atomic mass is 16.1. The van der Waals surface area contributed by atoms with Gasteiger partial charge in [0.1, 0.15) is 0 Å². The predicted octanol–water partition coefficient (Wildman–Crippen LogP) is 2.05. The second kappa shape index (κ2) is 3.82. The lowest BCUT2D eigenvalue weighted by Gasteiger charge is -2.06. The SMILES string of the molecule is NC(=O)c1ccc2c(c1)CCCCC2. The van der Waals surface area contributed by atoms with E-state index in [4.69, 9.17) is 5.73 Å². The molecule has 2 N–H and O–H groups in total. The van der Waals surface area contributed by atoms with Gasteiger partial charge in [-0.2, -0.15) is 0 Å². The van der Waals surface area contributed by atoms with Gasteiger partial charge >= 0.3 is 0 Å². The molecule has 0 saturated heterocycles. The summed E-state index contributed by atoms with van der Waals surface area (Å²) in [4.78, 5) is 11.0. The Morgan fingerprint density at radius 2 is 1.79 bits per heavy atom. The average molecular weight is 189 g/mol. The van der Waals surface area contributed by atoms with Gasteiger partial charge in [-0.3, -0.25) is 4.79 Å². The van der Waals surface area contributed by atoms with Gasteiger partial charge in [0.25, 0.3) is 0 Å². The van der Waals surface area contributed by atoms with Crippen LogP contribution in [0.2, 0.25) is 0 Å². The molecule has 0 aliphatic heterocycles. The van der Waals surface area contributed by atoms with E-state index in [0.717, 1.165) is 12.8 Å². The quantitative estimate of drug-likeness (QED) is 0.675. The van der Waals surface area contributed by atoms with Crippen LogP contribution in [-0.2, 0) is 12.8 Å².